The Morgan fingerprint density at radius 1 is 1.64 bits per heavy atom. The molecule has 11 heavy (non-hydrogen) atoms. The molecule has 0 aromatic carbocycles. The second kappa shape index (κ2) is 3.15. The fourth-order valence-electron chi connectivity index (χ4n) is 0.609. The van der Waals surface area contributed by atoms with E-state index >= 15 is 0 Å². The number of carboxylic acid groups (broad SMARTS) is 1. The molecule has 1 unspecified atom stereocenters. The van der Waals surface area contributed by atoms with Gasteiger partial charge >= 0.3 is 5.97 Å². The van der Waals surface area contributed by atoms with E-state index in [1.807, 2.05) is 0 Å². The molecule has 1 heterocycles. The number of allylic oxidation sites excluding steroid dienone is 2. The van der Waals surface area contributed by atoms with E-state index in [2.05, 4.69) is 4.74 Å². The number of hydrogen-bond acceptors (Lipinski definition) is 2. The van der Waals surface area contributed by atoms with Crippen LogP contribution >= 0.6 is 23.2 Å². The van der Waals surface area contributed by atoms with Gasteiger partial charge in [-0.15, -0.1) is 0 Å². The monoisotopic (exact) mass is 194 g/mol. The Kier molecular flexibility index (Phi) is 2.42. The van der Waals surface area contributed by atoms with Crippen LogP contribution in [0.5, 0.6) is 0 Å². The lowest BCUT2D eigenvalue weighted by Gasteiger charge is -2.14. The van der Waals surface area contributed by atoms with E-state index in [1.165, 1.54) is 12.3 Å². The molecule has 0 radical (unpaired) electrons. The summed E-state index contributed by atoms with van der Waals surface area (Å²) in [5, 5.41) is 8.69. The third-order valence-electron chi connectivity index (χ3n) is 1.11. The maximum Gasteiger partial charge on any atom is 0.350 e. The predicted octanol–water partition coefficient (Wildman–Crippen LogP) is 1.67. The number of hydrogen-bond donors (Lipinski definition) is 1. The maximum absolute atomic E-state index is 10.4. The Bertz CT molecular complexity index is 244. The molecule has 1 aliphatic rings. The van der Waals surface area contributed by atoms with E-state index in [0.717, 1.165) is 0 Å². The zero-order valence-electron chi connectivity index (χ0n) is 5.25. The van der Waals surface area contributed by atoms with Gasteiger partial charge in [0.1, 0.15) is 0 Å². The Labute approximate surface area is 72.9 Å². The molecule has 0 aromatic heterocycles. The summed E-state index contributed by atoms with van der Waals surface area (Å²) in [5.74, 6) is -1.16. The topological polar surface area (TPSA) is 46.5 Å². The third-order valence-corrected chi connectivity index (χ3v) is 1.94. The Hall–Kier alpha value is -0.670. The van der Waals surface area contributed by atoms with Gasteiger partial charge in [-0.05, 0) is 6.08 Å². The third kappa shape index (κ3) is 1.67. The van der Waals surface area contributed by atoms with Crippen LogP contribution in [0.1, 0.15) is 0 Å². The molecule has 3 nitrogen and oxygen atoms in total. The normalized spacial score (nSPS) is 23.3. The van der Waals surface area contributed by atoms with Crippen LogP contribution in [0, 0.1) is 0 Å². The number of ether oxygens (including phenoxy) is 1. The van der Waals surface area contributed by atoms with E-state index < -0.39 is 12.1 Å². The Balaban J connectivity index is 2.89. The lowest BCUT2D eigenvalue weighted by Crippen LogP contribution is -2.24. The smallest absolute Gasteiger partial charge is 0.350 e. The highest BCUT2D eigenvalue weighted by Crippen LogP contribution is 2.25. The molecule has 1 atom stereocenters. The maximum atomic E-state index is 10.4. The van der Waals surface area contributed by atoms with Gasteiger partial charge in [0.25, 0.3) is 0 Å². The molecular formula is C6H4Cl2O3. The van der Waals surface area contributed by atoms with Crippen molar-refractivity contribution in [2.24, 2.45) is 0 Å². The molecule has 0 saturated heterocycles. The van der Waals surface area contributed by atoms with Crippen molar-refractivity contribution in [1.82, 2.24) is 0 Å². The molecular weight excluding hydrogens is 191 g/mol. The van der Waals surface area contributed by atoms with Crippen LogP contribution in [0.3, 0.4) is 0 Å². The predicted molar refractivity (Wildman–Crippen MR) is 40.4 cm³/mol. The van der Waals surface area contributed by atoms with E-state index in [9.17, 15) is 4.79 Å². The van der Waals surface area contributed by atoms with Gasteiger partial charge in [-0.3, -0.25) is 0 Å². The molecule has 1 aliphatic heterocycles. The standard InChI is InChI=1S/C6H4Cl2O3/c7-3-1-2-11-5(4(3)8)6(9)10/h1-2,5H,(H,9,10). The van der Waals surface area contributed by atoms with Crippen LogP contribution in [-0.2, 0) is 9.53 Å². The molecule has 0 amide bonds. The lowest BCUT2D eigenvalue weighted by atomic mass is 10.3. The van der Waals surface area contributed by atoms with Crippen molar-refractivity contribution < 1.29 is 14.6 Å². The van der Waals surface area contributed by atoms with Gasteiger partial charge in [-0.25, -0.2) is 4.79 Å². The average Bonchev–Trinajstić information content (AvgIpc) is 1.94. The minimum absolute atomic E-state index is 0.00154. The molecule has 60 valence electrons. The van der Waals surface area contributed by atoms with Crippen LogP contribution in [0.2, 0.25) is 0 Å². The summed E-state index contributed by atoms with van der Waals surface area (Å²) in [6.45, 7) is 0. The number of halogens is 2. The summed E-state index contributed by atoms with van der Waals surface area (Å²) in [6, 6.07) is 0. The summed E-state index contributed by atoms with van der Waals surface area (Å²) in [5.41, 5.74) is 0. The fourth-order valence-corrected chi connectivity index (χ4v) is 0.967. The highest BCUT2D eigenvalue weighted by atomic mass is 35.5. The summed E-state index contributed by atoms with van der Waals surface area (Å²) >= 11 is 11.0. The molecule has 1 N–H and O–H groups in total. The quantitative estimate of drug-likeness (QED) is 0.692. The summed E-state index contributed by atoms with van der Waals surface area (Å²) in [7, 11) is 0. The van der Waals surface area contributed by atoms with Crippen molar-refractivity contribution in [2.45, 2.75) is 6.10 Å². The molecule has 0 aromatic rings. The number of carbonyl (C=O) groups is 1. The molecule has 0 aliphatic carbocycles. The first kappa shape index (κ1) is 8.43. The van der Waals surface area contributed by atoms with E-state index in [-0.39, 0.29) is 10.1 Å². The Morgan fingerprint density at radius 3 is 2.73 bits per heavy atom. The number of rotatable bonds is 1. The zero-order chi connectivity index (χ0) is 8.43. The minimum Gasteiger partial charge on any atom is -0.480 e. The summed E-state index contributed by atoms with van der Waals surface area (Å²) in [6.07, 6.45) is 1.44. The molecule has 1 rings (SSSR count). The fraction of sp³-hybridized carbons (Fsp3) is 0.167. The van der Waals surface area contributed by atoms with E-state index in [4.69, 9.17) is 28.3 Å². The Morgan fingerprint density at radius 2 is 2.27 bits per heavy atom. The van der Waals surface area contributed by atoms with Gasteiger partial charge in [-0.2, -0.15) is 0 Å². The van der Waals surface area contributed by atoms with Gasteiger partial charge in [0.05, 0.1) is 16.3 Å². The van der Waals surface area contributed by atoms with Crippen molar-refractivity contribution in [3.8, 4) is 0 Å². The second-order valence-electron chi connectivity index (χ2n) is 1.85. The van der Waals surface area contributed by atoms with Crippen LogP contribution < -0.4 is 0 Å². The van der Waals surface area contributed by atoms with Gasteiger partial charge in [0.15, 0.2) is 0 Å². The van der Waals surface area contributed by atoms with Gasteiger partial charge in [0.2, 0.25) is 6.10 Å². The van der Waals surface area contributed by atoms with Gasteiger partial charge in [-0.1, -0.05) is 23.2 Å². The number of carboxylic acids is 1. The molecule has 5 heteroatoms. The van der Waals surface area contributed by atoms with Gasteiger partial charge < -0.3 is 9.84 Å². The van der Waals surface area contributed by atoms with E-state index in [1.54, 1.807) is 0 Å². The minimum atomic E-state index is -1.16. The highest BCUT2D eigenvalue weighted by Gasteiger charge is 2.26. The van der Waals surface area contributed by atoms with Crippen molar-refractivity contribution >= 4 is 29.2 Å². The van der Waals surface area contributed by atoms with E-state index in [0.29, 0.717) is 0 Å². The summed E-state index contributed by atoms with van der Waals surface area (Å²) < 4.78 is 4.67. The lowest BCUT2D eigenvalue weighted by molar-refractivity contribution is -0.144. The molecule has 0 fully saturated rings. The largest absolute Gasteiger partial charge is 0.480 e. The van der Waals surface area contributed by atoms with Crippen LogP contribution in [0.15, 0.2) is 22.4 Å². The molecule has 0 bridgehead atoms. The van der Waals surface area contributed by atoms with Crippen molar-refractivity contribution in [2.75, 3.05) is 0 Å². The average molecular weight is 195 g/mol. The first-order valence-corrected chi connectivity index (χ1v) is 3.48. The first-order chi connectivity index (χ1) is 5.13. The summed E-state index contributed by atoms with van der Waals surface area (Å²) in [4.78, 5) is 10.4. The van der Waals surface area contributed by atoms with Crippen LogP contribution in [-0.4, -0.2) is 17.2 Å². The van der Waals surface area contributed by atoms with Crippen molar-refractivity contribution in [3.05, 3.63) is 22.4 Å². The van der Waals surface area contributed by atoms with Crippen molar-refractivity contribution in [1.29, 1.82) is 0 Å². The first-order valence-electron chi connectivity index (χ1n) is 2.73. The van der Waals surface area contributed by atoms with Crippen molar-refractivity contribution in [3.63, 3.8) is 0 Å². The highest BCUT2D eigenvalue weighted by molar-refractivity contribution is 6.41. The van der Waals surface area contributed by atoms with Crippen LogP contribution in [0.4, 0.5) is 0 Å². The SMILES string of the molecule is O=C(O)C1OC=CC(Cl)=C1Cl. The zero-order valence-corrected chi connectivity index (χ0v) is 6.76. The molecule has 0 spiro atoms. The number of aliphatic carboxylic acids is 1. The molecule has 0 saturated carbocycles. The van der Waals surface area contributed by atoms with Crippen LogP contribution in [0.25, 0.3) is 0 Å². The van der Waals surface area contributed by atoms with Gasteiger partial charge in [0, 0.05) is 0 Å². The second-order valence-corrected chi connectivity index (χ2v) is 2.67.